The maximum atomic E-state index is 13.1. The fourth-order valence-electron chi connectivity index (χ4n) is 2.84. The average Bonchev–Trinajstić information content (AvgIpc) is 3.11. The second kappa shape index (κ2) is 8.69. The number of alkyl halides is 3. The number of nitrogens with zero attached hydrogens (tertiary/aromatic N) is 2. The van der Waals surface area contributed by atoms with Crippen LogP contribution < -0.4 is 15.0 Å². The predicted molar refractivity (Wildman–Crippen MR) is 108 cm³/mol. The largest absolute Gasteiger partial charge is 0.497 e. The minimum Gasteiger partial charge on any atom is -0.497 e. The van der Waals surface area contributed by atoms with Crippen molar-refractivity contribution in [3.63, 3.8) is 0 Å². The number of likely N-dealkylation sites (N-methyl/N-ethyl adjacent to an activating group) is 1. The Morgan fingerprint density at radius 1 is 1.24 bits per heavy atom. The van der Waals surface area contributed by atoms with Crippen molar-refractivity contribution in [3.8, 4) is 5.75 Å². The van der Waals surface area contributed by atoms with Crippen molar-refractivity contribution in [2.75, 3.05) is 32.1 Å². The molecule has 0 atom stereocenters. The Morgan fingerprint density at radius 3 is 2.72 bits per heavy atom. The topological polar surface area (TPSA) is 54.5 Å². The zero-order valence-electron chi connectivity index (χ0n) is 15.9. The highest BCUT2D eigenvalue weighted by atomic mass is 32.1. The monoisotopic (exact) mass is 423 g/mol. The lowest BCUT2D eigenvalue weighted by molar-refractivity contribution is -0.136. The first-order valence-corrected chi connectivity index (χ1v) is 9.67. The molecule has 2 aromatic carbocycles. The average molecular weight is 423 g/mol. The van der Waals surface area contributed by atoms with Crippen LogP contribution in [0.4, 0.5) is 18.3 Å². The molecule has 1 heterocycles. The van der Waals surface area contributed by atoms with Gasteiger partial charge in [0.25, 0.3) is 0 Å². The fourth-order valence-corrected chi connectivity index (χ4v) is 3.79. The van der Waals surface area contributed by atoms with E-state index in [9.17, 15) is 18.0 Å². The number of hydrogen-bond donors (Lipinski definition) is 1. The number of fused-ring (bicyclic) bond motifs is 1. The standard InChI is InChI=1S/C20H20F3N3O2S/c1-26(12-17(27)24-10-9-13-5-3-6-14(11-13)28-2)19-25-18-15(20(21,22)23)7-4-8-16(18)29-19/h3-8,11H,9-10,12H2,1-2H3,(H,24,27). The first-order chi connectivity index (χ1) is 13.8. The molecule has 0 unspecified atom stereocenters. The minimum absolute atomic E-state index is 0.000710. The van der Waals surface area contributed by atoms with E-state index in [0.29, 0.717) is 22.8 Å². The van der Waals surface area contributed by atoms with E-state index in [1.807, 2.05) is 24.3 Å². The number of aromatic nitrogens is 1. The summed E-state index contributed by atoms with van der Waals surface area (Å²) in [6.45, 7) is 0.442. The molecule has 0 aliphatic heterocycles. The van der Waals surface area contributed by atoms with Crippen molar-refractivity contribution < 1.29 is 22.7 Å². The smallest absolute Gasteiger partial charge is 0.418 e. The highest BCUT2D eigenvalue weighted by Gasteiger charge is 2.34. The van der Waals surface area contributed by atoms with Gasteiger partial charge in [-0.15, -0.1) is 0 Å². The summed E-state index contributed by atoms with van der Waals surface area (Å²) in [6.07, 6.45) is -3.83. The molecule has 0 radical (unpaired) electrons. The van der Waals surface area contributed by atoms with Crippen LogP contribution >= 0.6 is 11.3 Å². The quantitative estimate of drug-likeness (QED) is 0.621. The first-order valence-electron chi connectivity index (χ1n) is 8.85. The van der Waals surface area contributed by atoms with Crippen LogP contribution in [0, 0.1) is 0 Å². The molecule has 1 N–H and O–H groups in total. The summed E-state index contributed by atoms with van der Waals surface area (Å²) in [6, 6.07) is 11.5. The molecule has 9 heteroatoms. The third kappa shape index (κ3) is 5.17. The van der Waals surface area contributed by atoms with Gasteiger partial charge in [-0.3, -0.25) is 4.79 Å². The maximum absolute atomic E-state index is 13.1. The van der Waals surface area contributed by atoms with Crippen LogP contribution in [0.1, 0.15) is 11.1 Å². The summed E-state index contributed by atoms with van der Waals surface area (Å²) in [7, 11) is 3.23. The predicted octanol–water partition coefficient (Wildman–Crippen LogP) is 4.12. The second-order valence-corrected chi connectivity index (χ2v) is 7.46. The second-order valence-electron chi connectivity index (χ2n) is 6.45. The molecule has 29 heavy (non-hydrogen) atoms. The van der Waals surface area contributed by atoms with Crippen LogP contribution in [0.25, 0.3) is 10.2 Å². The molecule has 0 fully saturated rings. The number of amides is 1. The first kappa shape index (κ1) is 20.9. The number of anilines is 1. The molecule has 1 amide bonds. The highest BCUT2D eigenvalue weighted by molar-refractivity contribution is 7.22. The summed E-state index contributed by atoms with van der Waals surface area (Å²) in [5.74, 6) is 0.522. The highest BCUT2D eigenvalue weighted by Crippen LogP contribution is 2.38. The van der Waals surface area contributed by atoms with Gasteiger partial charge in [0, 0.05) is 13.6 Å². The summed E-state index contributed by atoms with van der Waals surface area (Å²) in [5, 5.41) is 3.17. The SMILES string of the molecule is COc1cccc(CCNC(=O)CN(C)c2nc3c(C(F)(F)F)cccc3s2)c1. The summed E-state index contributed by atoms with van der Waals surface area (Å²) < 4.78 is 45.0. The molecular weight excluding hydrogens is 403 g/mol. The molecule has 3 aromatic rings. The van der Waals surface area contributed by atoms with Gasteiger partial charge in [-0.1, -0.05) is 29.5 Å². The van der Waals surface area contributed by atoms with Crippen LogP contribution in [0.5, 0.6) is 5.75 Å². The molecular formula is C20H20F3N3O2S. The van der Waals surface area contributed by atoms with Crippen molar-refractivity contribution in [1.29, 1.82) is 0 Å². The molecule has 0 aliphatic rings. The van der Waals surface area contributed by atoms with Crippen molar-refractivity contribution in [2.24, 2.45) is 0 Å². The zero-order valence-corrected chi connectivity index (χ0v) is 16.7. The normalized spacial score (nSPS) is 11.5. The third-order valence-corrected chi connectivity index (χ3v) is 5.43. The van der Waals surface area contributed by atoms with E-state index in [4.69, 9.17) is 4.74 Å². The van der Waals surface area contributed by atoms with Gasteiger partial charge in [-0.2, -0.15) is 13.2 Å². The number of carbonyl (C=O) groups is 1. The lowest BCUT2D eigenvalue weighted by Gasteiger charge is -2.15. The Labute approximate surface area is 170 Å². The van der Waals surface area contributed by atoms with Gasteiger partial charge in [0.2, 0.25) is 5.91 Å². The van der Waals surface area contributed by atoms with Gasteiger partial charge in [0.1, 0.15) is 5.75 Å². The number of halogens is 3. The van der Waals surface area contributed by atoms with Crippen LogP contribution in [0.2, 0.25) is 0 Å². The van der Waals surface area contributed by atoms with Gasteiger partial charge < -0.3 is 15.0 Å². The van der Waals surface area contributed by atoms with Gasteiger partial charge in [-0.25, -0.2) is 4.98 Å². The van der Waals surface area contributed by atoms with E-state index in [-0.39, 0.29) is 18.0 Å². The number of carbonyl (C=O) groups excluding carboxylic acids is 1. The van der Waals surface area contributed by atoms with Crippen LogP contribution in [-0.4, -0.2) is 38.1 Å². The Balaban J connectivity index is 1.59. The van der Waals surface area contributed by atoms with E-state index in [1.54, 1.807) is 25.1 Å². The summed E-state index contributed by atoms with van der Waals surface area (Å²) >= 11 is 1.12. The van der Waals surface area contributed by atoms with Gasteiger partial charge in [-0.05, 0) is 36.2 Å². The number of hydrogen-bond acceptors (Lipinski definition) is 5. The number of thiazole rings is 1. The van der Waals surface area contributed by atoms with Gasteiger partial charge >= 0.3 is 6.18 Å². The molecule has 0 saturated heterocycles. The summed E-state index contributed by atoms with van der Waals surface area (Å²) in [5.41, 5.74) is 0.169. The lowest BCUT2D eigenvalue weighted by Crippen LogP contribution is -2.36. The molecule has 0 aliphatic carbocycles. The van der Waals surface area contributed by atoms with Gasteiger partial charge in [0.15, 0.2) is 5.13 Å². The summed E-state index contributed by atoms with van der Waals surface area (Å²) in [4.78, 5) is 17.9. The molecule has 5 nitrogen and oxygen atoms in total. The van der Waals surface area contributed by atoms with E-state index < -0.39 is 11.7 Å². The number of ether oxygens (including phenoxy) is 1. The Kier molecular flexibility index (Phi) is 6.26. The van der Waals surface area contributed by atoms with Gasteiger partial charge in [0.05, 0.1) is 29.4 Å². The number of benzene rings is 2. The third-order valence-electron chi connectivity index (χ3n) is 4.29. The lowest BCUT2D eigenvalue weighted by atomic mass is 10.1. The van der Waals surface area contributed by atoms with E-state index >= 15 is 0 Å². The number of methoxy groups -OCH3 is 1. The Hall–Kier alpha value is -2.81. The molecule has 154 valence electrons. The Bertz CT molecular complexity index is 1000. The number of para-hydroxylation sites is 1. The van der Waals surface area contributed by atoms with Crippen molar-refractivity contribution in [2.45, 2.75) is 12.6 Å². The van der Waals surface area contributed by atoms with Crippen LogP contribution in [-0.2, 0) is 17.4 Å². The fraction of sp³-hybridized carbons (Fsp3) is 0.300. The molecule has 0 spiro atoms. The minimum atomic E-state index is -4.47. The van der Waals surface area contributed by atoms with Crippen molar-refractivity contribution in [3.05, 3.63) is 53.6 Å². The van der Waals surface area contributed by atoms with E-state index in [1.165, 1.54) is 6.07 Å². The Morgan fingerprint density at radius 2 is 2.00 bits per heavy atom. The molecule has 0 bridgehead atoms. The van der Waals surface area contributed by atoms with E-state index in [2.05, 4.69) is 10.3 Å². The van der Waals surface area contributed by atoms with E-state index in [0.717, 1.165) is 28.7 Å². The number of nitrogens with one attached hydrogen (secondary N) is 1. The zero-order chi connectivity index (χ0) is 21.0. The molecule has 3 rings (SSSR count). The maximum Gasteiger partial charge on any atom is 0.418 e. The van der Waals surface area contributed by atoms with Crippen LogP contribution in [0.15, 0.2) is 42.5 Å². The molecule has 0 saturated carbocycles. The van der Waals surface area contributed by atoms with Crippen molar-refractivity contribution >= 4 is 32.6 Å². The van der Waals surface area contributed by atoms with Crippen molar-refractivity contribution in [1.82, 2.24) is 10.3 Å². The molecule has 1 aromatic heterocycles. The van der Waals surface area contributed by atoms with Crippen LogP contribution in [0.3, 0.4) is 0 Å². The number of rotatable bonds is 7.